The number of aliphatic hydroxyl groups excluding tert-OH is 1. The Hall–Kier alpha value is -2.37. The van der Waals surface area contributed by atoms with Gasteiger partial charge in [0.25, 0.3) is 0 Å². The molecular formula is C21H26N3O2+. The third-order valence-corrected chi connectivity index (χ3v) is 5.53. The smallest absolute Gasteiger partial charge is 0.329 e. The lowest BCUT2D eigenvalue weighted by Crippen LogP contribution is -3.15. The normalized spacial score (nSPS) is 17.4. The fourth-order valence-corrected chi connectivity index (χ4v) is 4.05. The van der Waals surface area contributed by atoms with E-state index >= 15 is 0 Å². The van der Waals surface area contributed by atoms with E-state index < -0.39 is 0 Å². The molecule has 1 saturated heterocycles. The van der Waals surface area contributed by atoms with E-state index in [9.17, 15) is 4.79 Å². The number of piperazine rings is 1. The minimum absolute atomic E-state index is 0.0647. The number of urea groups is 1. The molecule has 1 fully saturated rings. The predicted octanol–water partition coefficient (Wildman–Crippen LogP) is 1.24. The Labute approximate surface area is 154 Å². The van der Waals surface area contributed by atoms with E-state index in [2.05, 4.69) is 36.4 Å². The number of aliphatic hydroxyl groups is 1. The van der Waals surface area contributed by atoms with Crippen molar-refractivity contribution in [2.75, 3.05) is 44.2 Å². The number of para-hydroxylation sites is 2. The number of anilines is 2. The number of rotatable bonds is 2. The van der Waals surface area contributed by atoms with Crippen LogP contribution >= 0.6 is 0 Å². The molecule has 2 amide bonds. The Balaban J connectivity index is 1.66. The highest BCUT2D eigenvalue weighted by Crippen LogP contribution is 2.36. The number of nitrogens with zero attached hydrogens (tertiary/aromatic N) is 2. The Morgan fingerprint density at radius 1 is 0.923 bits per heavy atom. The third kappa shape index (κ3) is 3.20. The van der Waals surface area contributed by atoms with Gasteiger partial charge in [0.15, 0.2) is 0 Å². The molecule has 2 aliphatic heterocycles. The van der Waals surface area contributed by atoms with Gasteiger partial charge in [0, 0.05) is 0 Å². The van der Waals surface area contributed by atoms with Gasteiger partial charge in [-0.25, -0.2) is 4.79 Å². The van der Waals surface area contributed by atoms with E-state index in [-0.39, 0.29) is 12.6 Å². The maximum absolute atomic E-state index is 13.5. The molecule has 26 heavy (non-hydrogen) atoms. The van der Waals surface area contributed by atoms with E-state index in [1.54, 1.807) is 0 Å². The molecule has 0 aliphatic carbocycles. The van der Waals surface area contributed by atoms with Gasteiger partial charge >= 0.3 is 6.03 Å². The number of amides is 2. The minimum Gasteiger partial charge on any atom is -0.391 e. The molecule has 0 radical (unpaired) electrons. The summed E-state index contributed by atoms with van der Waals surface area (Å²) in [7, 11) is 0. The summed E-state index contributed by atoms with van der Waals surface area (Å²) in [6.07, 6.45) is 1.90. The van der Waals surface area contributed by atoms with E-state index in [0.717, 1.165) is 56.9 Å². The SMILES string of the molecule is O=C(N1CC[NH+](CCO)CC1)N1c2ccccc2CCc2ccccc21. The van der Waals surface area contributed by atoms with Crippen LogP contribution in [0.3, 0.4) is 0 Å². The molecule has 2 N–H and O–H groups in total. The summed E-state index contributed by atoms with van der Waals surface area (Å²) in [6.45, 7) is 4.21. The average Bonchev–Trinajstić information content (AvgIpc) is 2.85. The second-order valence-corrected chi connectivity index (χ2v) is 7.09. The zero-order chi connectivity index (χ0) is 17.9. The summed E-state index contributed by atoms with van der Waals surface area (Å²) < 4.78 is 0. The number of quaternary nitrogens is 1. The van der Waals surface area contributed by atoms with Gasteiger partial charge in [-0.2, -0.15) is 0 Å². The molecule has 136 valence electrons. The van der Waals surface area contributed by atoms with Crippen LogP contribution in [0.25, 0.3) is 0 Å². The number of fused-ring (bicyclic) bond motifs is 2. The summed E-state index contributed by atoms with van der Waals surface area (Å²) in [5.41, 5.74) is 4.46. The Morgan fingerprint density at radius 2 is 1.46 bits per heavy atom. The Morgan fingerprint density at radius 3 is 2.00 bits per heavy atom. The molecule has 0 aromatic heterocycles. The molecule has 0 unspecified atom stereocenters. The number of hydrogen-bond acceptors (Lipinski definition) is 2. The maximum atomic E-state index is 13.5. The second-order valence-electron chi connectivity index (χ2n) is 7.09. The molecule has 5 nitrogen and oxygen atoms in total. The van der Waals surface area contributed by atoms with Crippen molar-refractivity contribution in [1.29, 1.82) is 0 Å². The summed E-state index contributed by atoms with van der Waals surface area (Å²) in [4.78, 5) is 18.7. The standard InChI is InChI=1S/C21H25N3O2/c25-16-15-22-11-13-23(14-12-22)21(26)24-19-7-3-1-5-17(19)9-10-18-6-2-4-8-20(18)24/h1-8,25H,9-16H2/p+1. The van der Waals surface area contributed by atoms with Gasteiger partial charge in [0.05, 0.1) is 44.2 Å². The first kappa shape index (κ1) is 17.1. The predicted molar refractivity (Wildman–Crippen MR) is 102 cm³/mol. The van der Waals surface area contributed by atoms with Crippen molar-refractivity contribution in [2.24, 2.45) is 0 Å². The van der Waals surface area contributed by atoms with Gasteiger partial charge in [-0.15, -0.1) is 0 Å². The summed E-state index contributed by atoms with van der Waals surface area (Å²) >= 11 is 0. The number of carbonyl (C=O) groups excluding carboxylic acids is 1. The largest absolute Gasteiger partial charge is 0.391 e. The van der Waals surface area contributed by atoms with Crippen LogP contribution in [0.15, 0.2) is 48.5 Å². The molecule has 5 heteroatoms. The van der Waals surface area contributed by atoms with Gasteiger partial charge in [0.2, 0.25) is 0 Å². The molecule has 0 bridgehead atoms. The van der Waals surface area contributed by atoms with Crippen molar-refractivity contribution in [2.45, 2.75) is 12.8 Å². The van der Waals surface area contributed by atoms with E-state index in [0.29, 0.717) is 0 Å². The molecule has 2 aromatic carbocycles. The molecule has 0 saturated carbocycles. The van der Waals surface area contributed by atoms with Crippen molar-refractivity contribution < 1.29 is 14.8 Å². The number of nitrogens with one attached hydrogen (secondary N) is 1. The van der Waals surface area contributed by atoms with E-state index in [1.807, 2.05) is 21.9 Å². The lowest BCUT2D eigenvalue weighted by molar-refractivity contribution is -0.904. The summed E-state index contributed by atoms with van der Waals surface area (Å²) in [6, 6.07) is 16.6. The van der Waals surface area contributed by atoms with Crippen molar-refractivity contribution in [1.82, 2.24) is 4.90 Å². The number of benzene rings is 2. The quantitative estimate of drug-likeness (QED) is 0.854. The van der Waals surface area contributed by atoms with Crippen LogP contribution in [0.2, 0.25) is 0 Å². The zero-order valence-electron chi connectivity index (χ0n) is 15.0. The molecule has 4 rings (SSSR count). The van der Waals surface area contributed by atoms with Gasteiger partial charge in [-0.1, -0.05) is 36.4 Å². The second kappa shape index (κ2) is 7.48. The van der Waals surface area contributed by atoms with Crippen LogP contribution in [-0.2, 0) is 12.8 Å². The van der Waals surface area contributed by atoms with Gasteiger partial charge in [0.1, 0.15) is 6.54 Å². The van der Waals surface area contributed by atoms with Crippen molar-refractivity contribution in [3.8, 4) is 0 Å². The highest BCUT2D eigenvalue weighted by atomic mass is 16.3. The van der Waals surface area contributed by atoms with Crippen LogP contribution in [0.1, 0.15) is 11.1 Å². The molecule has 0 spiro atoms. The van der Waals surface area contributed by atoms with Crippen LogP contribution in [0.5, 0.6) is 0 Å². The average molecular weight is 352 g/mol. The van der Waals surface area contributed by atoms with Crippen molar-refractivity contribution >= 4 is 17.4 Å². The number of hydrogen-bond donors (Lipinski definition) is 2. The Bertz CT molecular complexity index is 737. The van der Waals surface area contributed by atoms with Gasteiger partial charge in [-0.3, -0.25) is 4.90 Å². The lowest BCUT2D eigenvalue weighted by atomic mass is 10.0. The minimum atomic E-state index is 0.0647. The molecule has 2 heterocycles. The molecule has 2 aromatic rings. The zero-order valence-corrected chi connectivity index (χ0v) is 15.0. The highest BCUT2D eigenvalue weighted by molar-refractivity contribution is 6.01. The molecule has 0 atom stereocenters. The first-order valence-electron chi connectivity index (χ1n) is 9.47. The lowest BCUT2D eigenvalue weighted by Gasteiger charge is -2.36. The highest BCUT2D eigenvalue weighted by Gasteiger charge is 2.31. The third-order valence-electron chi connectivity index (χ3n) is 5.53. The molecule has 2 aliphatic rings. The summed E-state index contributed by atoms with van der Waals surface area (Å²) in [5.74, 6) is 0. The van der Waals surface area contributed by atoms with Crippen molar-refractivity contribution in [3.63, 3.8) is 0 Å². The number of carbonyl (C=O) groups is 1. The van der Waals surface area contributed by atoms with E-state index in [4.69, 9.17) is 5.11 Å². The van der Waals surface area contributed by atoms with Crippen LogP contribution < -0.4 is 9.80 Å². The van der Waals surface area contributed by atoms with Gasteiger partial charge in [-0.05, 0) is 36.1 Å². The fraction of sp³-hybridized carbons (Fsp3) is 0.381. The van der Waals surface area contributed by atoms with Crippen LogP contribution in [-0.4, -0.2) is 55.4 Å². The topological polar surface area (TPSA) is 48.2 Å². The monoisotopic (exact) mass is 352 g/mol. The van der Waals surface area contributed by atoms with E-state index in [1.165, 1.54) is 16.0 Å². The van der Waals surface area contributed by atoms with Crippen LogP contribution in [0, 0.1) is 0 Å². The van der Waals surface area contributed by atoms with Crippen molar-refractivity contribution in [3.05, 3.63) is 59.7 Å². The Kier molecular flexibility index (Phi) is 4.91. The number of aryl methyl sites for hydroxylation is 2. The fourth-order valence-electron chi connectivity index (χ4n) is 4.05. The first-order chi connectivity index (χ1) is 12.8. The van der Waals surface area contributed by atoms with Gasteiger partial charge < -0.3 is 14.9 Å². The summed E-state index contributed by atoms with van der Waals surface area (Å²) in [5, 5.41) is 9.14. The van der Waals surface area contributed by atoms with Crippen LogP contribution in [0.4, 0.5) is 16.2 Å². The first-order valence-corrected chi connectivity index (χ1v) is 9.47. The molecular weight excluding hydrogens is 326 g/mol. The maximum Gasteiger partial charge on any atom is 0.329 e.